The van der Waals surface area contributed by atoms with Crippen LogP contribution in [0.1, 0.15) is 60.7 Å². The van der Waals surface area contributed by atoms with Crippen LogP contribution in [0.4, 0.5) is 4.79 Å². The number of hydrogen-bond acceptors (Lipinski definition) is 5. The van der Waals surface area contributed by atoms with Crippen molar-refractivity contribution in [3.05, 3.63) is 52.3 Å². The van der Waals surface area contributed by atoms with Crippen LogP contribution in [-0.4, -0.2) is 46.2 Å². The Balaban J connectivity index is 1.37. The number of carbonyl (C=O) groups excluding carboxylic acids is 1. The van der Waals surface area contributed by atoms with Gasteiger partial charge in [-0.2, -0.15) is 10.2 Å². The summed E-state index contributed by atoms with van der Waals surface area (Å²) in [6.07, 6.45) is 5.53. The zero-order chi connectivity index (χ0) is 21.6. The zero-order valence-corrected chi connectivity index (χ0v) is 18.7. The van der Waals surface area contributed by atoms with E-state index in [1.54, 1.807) is 7.11 Å². The van der Waals surface area contributed by atoms with Gasteiger partial charge in [0.25, 0.3) is 0 Å². The Morgan fingerprint density at radius 1 is 1.03 bits per heavy atom. The molecule has 2 aliphatic rings. The summed E-state index contributed by atoms with van der Waals surface area (Å²) in [6, 6.07) is 8.27. The maximum atomic E-state index is 12.6. The third-order valence-corrected chi connectivity index (χ3v) is 6.25. The molecule has 0 saturated carbocycles. The molecule has 0 aliphatic carbocycles. The molecule has 1 aromatic heterocycles. The SMILES string of the molecule is CCCCCCNC(=O)N1Cc2nnc3c(c2C1)CN(Cc1ccc(OC)cc1)CC3. The Kier molecular flexibility index (Phi) is 7.02. The van der Waals surface area contributed by atoms with Crippen molar-refractivity contribution in [2.24, 2.45) is 0 Å². The normalized spacial score (nSPS) is 15.5. The van der Waals surface area contributed by atoms with E-state index in [-0.39, 0.29) is 6.03 Å². The van der Waals surface area contributed by atoms with Crippen molar-refractivity contribution >= 4 is 6.03 Å². The molecule has 0 saturated heterocycles. The standard InChI is InChI=1S/C24H33N5O2/c1-3-4-5-6-12-25-24(30)29-16-21-20-15-28(13-11-22(20)26-27-23(21)17-29)14-18-7-9-19(31-2)10-8-18/h7-10H,3-6,11-17H2,1-2H3,(H,25,30). The molecule has 1 N–H and O–H groups in total. The van der Waals surface area contributed by atoms with Crippen molar-refractivity contribution in [1.29, 1.82) is 0 Å². The Labute approximate surface area is 184 Å². The number of benzene rings is 1. The molecule has 4 rings (SSSR count). The van der Waals surface area contributed by atoms with Crippen LogP contribution >= 0.6 is 0 Å². The lowest BCUT2D eigenvalue weighted by Crippen LogP contribution is -2.37. The van der Waals surface area contributed by atoms with Crippen LogP contribution in [-0.2, 0) is 32.6 Å². The number of unbranched alkanes of at least 4 members (excludes halogenated alkanes) is 3. The summed E-state index contributed by atoms with van der Waals surface area (Å²) in [7, 11) is 1.69. The Morgan fingerprint density at radius 2 is 1.81 bits per heavy atom. The number of methoxy groups -OCH3 is 1. The smallest absolute Gasteiger partial charge is 0.318 e. The molecular formula is C24H33N5O2. The van der Waals surface area contributed by atoms with Gasteiger partial charge in [0.15, 0.2) is 0 Å². The minimum atomic E-state index is 0.00847. The topological polar surface area (TPSA) is 70.6 Å². The van der Waals surface area contributed by atoms with Crippen molar-refractivity contribution in [3.63, 3.8) is 0 Å². The van der Waals surface area contributed by atoms with Crippen LogP contribution in [0.2, 0.25) is 0 Å². The largest absolute Gasteiger partial charge is 0.497 e. The summed E-state index contributed by atoms with van der Waals surface area (Å²) in [5, 5.41) is 12.0. The number of fused-ring (bicyclic) bond motifs is 3. The highest BCUT2D eigenvalue weighted by Gasteiger charge is 2.31. The summed E-state index contributed by atoms with van der Waals surface area (Å²) >= 11 is 0. The highest BCUT2D eigenvalue weighted by Crippen LogP contribution is 2.29. The highest BCUT2D eigenvalue weighted by molar-refractivity contribution is 5.75. The maximum Gasteiger partial charge on any atom is 0.318 e. The van der Waals surface area contributed by atoms with Gasteiger partial charge in [0.1, 0.15) is 5.75 Å². The third-order valence-electron chi connectivity index (χ3n) is 6.25. The first-order chi connectivity index (χ1) is 15.2. The molecule has 2 aromatic rings. The van der Waals surface area contributed by atoms with Gasteiger partial charge in [-0.05, 0) is 29.7 Å². The van der Waals surface area contributed by atoms with E-state index in [2.05, 4.69) is 39.5 Å². The zero-order valence-electron chi connectivity index (χ0n) is 18.7. The highest BCUT2D eigenvalue weighted by atomic mass is 16.5. The fraction of sp³-hybridized carbons (Fsp3) is 0.542. The number of ether oxygens (including phenoxy) is 1. The average Bonchev–Trinajstić information content (AvgIpc) is 3.24. The summed E-state index contributed by atoms with van der Waals surface area (Å²) in [5.74, 6) is 0.879. The summed E-state index contributed by atoms with van der Waals surface area (Å²) < 4.78 is 5.26. The minimum absolute atomic E-state index is 0.00847. The van der Waals surface area contributed by atoms with Crippen LogP contribution < -0.4 is 10.1 Å². The van der Waals surface area contributed by atoms with Gasteiger partial charge in [-0.1, -0.05) is 38.3 Å². The van der Waals surface area contributed by atoms with Crippen molar-refractivity contribution in [1.82, 2.24) is 25.3 Å². The predicted molar refractivity (Wildman–Crippen MR) is 120 cm³/mol. The maximum absolute atomic E-state index is 12.6. The van der Waals surface area contributed by atoms with E-state index in [1.165, 1.54) is 36.0 Å². The molecular weight excluding hydrogens is 390 g/mol. The van der Waals surface area contributed by atoms with Gasteiger partial charge in [-0.25, -0.2) is 4.79 Å². The van der Waals surface area contributed by atoms with Crippen LogP contribution in [0.5, 0.6) is 5.75 Å². The number of nitrogens with one attached hydrogen (secondary N) is 1. The number of hydrogen-bond donors (Lipinski definition) is 1. The summed E-state index contributed by atoms with van der Waals surface area (Å²) in [4.78, 5) is 16.9. The van der Waals surface area contributed by atoms with Crippen LogP contribution in [0, 0.1) is 0 Å². The van der Waals surface area contributed by atoms with E-state index >= 15 is 0 Å². The van der Waals surface area contributed by atoms with Gasteiger partial charge in [0.2, 0.25) is 0 Å². The molecule has 2 amide bonds. The lowest BCUT2D eigenvalue weighted by Gasteiger charge is -2.29. The van der Waals surface area contributed by atoms with Gasteiger partial charge in [-0.15, -0.1) is 0 Å². The van der Waals surface area contributed by atoms with Gasteiger partial charge in [0, 0.05) is 38.2 Å². The van der Waals surface area contributed by atoms with Crippen LogP contribution in [0.3, 0.4) is 0 Å². The molecule has 2 aliphatic heterocycles. The van der Waals surface area contributed by atoms with E-state index in [4.69, 9.17) is 4.74 Å². The van der Waals surface area contributed by atoms with E-state index in [0.29, 0.717) is 13.1 Å². The fourth-order valence-corrected chi connectivity index (χ4v) is 4.41. The molecule has 3 heterocycles. The van der Waals surface area contributed by atoms with Gasteiger partial charge >= 0.3 is 6.03 Å². The number of rotatable bonds is 8. The molecule has 0 spiro atoms. The number of carbonyl (C=O) groups is 1. The molecule has 1 aromatic carbocycles. The second-order valence-corrected chi connectivity index (χ2v) is 8.51. The minimum Gasteiger partial charge on any atom is -0.497 e. The lowest BCUT2D eigenvalue weighted by molar-refractivity contribution is 0.197. The number of aromatic nitrogens is 2. The molecule has 0 radical (unpaired) electrons. The number of urea groups is 1. The van der Waals surface area contributed by atoms with E-state index in [1.807, 2.05) is 17.0 Å². The van der Waals surface area contributed by atoms with Crippen LogP contribution in [0.25, 0.3) is 0 Å². The van der Waals surface area contributed by atoms with Crippen molar-refractivity contribution < 1.29 is 9.53 Å². The van der Waals surface area contributed by atoms with Crippen molar-refractivity contribution in [2.45, 2.75) is 65.2 Å². The Morgan fingerprint density at radius 3 is 2.58 bits per heavy atom. The quantitative estimate of drug-likeness (QED) is 0.657. The predicted octanol–water partition coefficient (Wildman–Crippen LogP) is 3.65. The molecule has 0 unspecified atom stereocenters. The molecule has 0 bridgehead atoms. The average molecular weight is 424 g/mol. The van der Waals surface area contributed by atoms with E-state index < -0.39 is 0 Å². The first kappa shape index (κ1) is 21.6. The summed E-state index contributed by atoms with van der Waals surface area (Å²) in [5.41, 5.74) is 5.78. The van der Waals surface area contributed by atoms with E-state index in [0.717, 1.165) is 56.2 Å². The second kappa shape index (κ2) is 10.1. The van der Waals surface area contributed by atoms with Gasteiger partial charge in [0.05, 0.1) is 31.6 Å². The number of amides is 2. The first-order valence-electron chi connectivity index (χ1n) is 11.4. The van der Waals surface area contributed by atoms with Crippen molar-refractivity contribution in [3.8, 4) is 5.75 Å². The van der Waals surface area contributed by atoms with Gasteiger partial charge in [-0.3, -0.25) is 4.90 Å². The van der Waals surface area contributed by atoms with Crippen LogP contribution in [0.15, 0.2) is 24.3 Å². The second-order valence-electron chi connectivity index (χ2n) is 8.51. The molecule has 7 heteroatoms. The Hall–Kier alpha value is -2.67. The van der Waals surface area contributed by atoms with Crippen molar-refractivity contribution in [2.75, 3.05) is 20.2 Å². The van der Waals surface area contributed by atoms with Gasteiger partial charge < -0.3 is 15.0 Å². The third kappa shape index (κ3) is 5.15. The lowest BCUT2D eigenvalue weighted by atomic mass is 9.99. The summed E-state index contributed by atoms with van der Waals surface area (Å²) in [6.45, 7) is 6.83. The molecule has 0 atom stereocenters. The number of nitrogens with zero attached hydrogens (tertiary/aromatic N) is 4. The molecule has 7 nitrogen and oxygen atoms in total. The molecule has 166 valence electrons. The molecule has 31 heavy (non-hydrogen) atoms. The monoisotopic (exact) mass is 423 g/mol. The Bertz CT molecular complexity index is 900. The molecule has 0 fully saturated rings. The van der Waals surface area contributed by atoms with E-state index in [9.17, 15) is 4.79 Å². The fourth-order valence-electron chi connectivity index (χ4n) is 4.41. The first-order valence-corrected chi connectivity index (χ1v) is 11.4.